The summed E-state index contributed by atoms with van der Waals surface area (Å²) in [5.41, 5.74) is 5.76. The van der Waals surface area contributed by atoms with Crippen LogP contribution < -0.4 is 10.6 Å². The second-order valence-corrected chi connectivity index (χ2v) is 7.65. The van der Waals surface area contributed by atoms with Crippen LogP contribution in [0.1, 0.15) is 18.1 Å². The Kier molecular flexibility index (Phi) is 3.98. The van der Waals surface area contributed by atoms with E-state index in [0.717, 1.165) is 33.9 Å². The average molecular weight is 384 g/mol. The van der Waals surface area contributed by atoms with Gasteiger partial charge in [-0.05, 0) is 42.8 Å². The van der Waals surface area contributed by atoms with Crippen molar-refractivity contribution in [2.24, 2.45) is 10.2 Å². The summed E-state index contributed by atoms with van der Waals surface area (Å²) >= 11 is 1.75. The molecule has 0 aliphatic carbocycles. The third kappa shape index (κ3) is 2.88. The van der Waals surface area contributed by atoms with Crippen molar-refractivity contribution < 1.29 is 4.79 Å². The molecule has 0 saturated carbocycles. The predicted molar refractivity (Wildman–Crippen MR) is 114 cm³/mol. The molecule has 0 spiro atoms. The van der Waals surface area contributed by atoms with Gasteiger partial charge in [0.05, 0.1) is 22.8 Å². The number of hydrogen-bond donors (Lipinski definition) is 2. The van der Waals surface area contributed by atoms with Gasteiger partial charge in [0.25, 0.3) is 5.91 Å². The molecule has 3 aromatic carbocycles. The molecule has 3 aromatic rings. The molecule has 0 unspecified atom stereocenters. The van der Waals surface area contributed by atoms with Crippen LogP contribution in [0.15, 0.2) is 86.7 Å². The maximum absolute atomic E-state index is 12.2. The standard InChI is InChI=1S/C22H16N4OS/c1-13(25-26-21-15-6-2-3-7-16(15)24-22(21)27)14-10-11-20-18(12-14)23-17-8-4-5-9-19(17)28-20/h2-12,23H,1H3,(H,24,26,27)/b25-13+. The minimum Gasteiger partial charge on any atom is -0.354 e. The Morgan fingerprint density at radius 1 is 0.857 bits per heavy atom. The summed E-state index contributed by atoms with van der Waals surface area (Å²) in [5.74, 6) is -0.224. The van der Waals surface area contributed by atoms with Crippen LogP contribution in [-0.2, 0) is 4.79 Å². The first-order valence-corrected chi connectivity index (χ1v) is 9.72. The Morgan fingerprint density at radius 2 is 1.61 bits per heavy atom. The van der Waals surface area contributed by atoms with Crippen molar-refractivity contribution in [2.75, 3.05) is 10.6 Å². The quantitative estimate of drug-likeness (QED) is 0.375. The van der Waals surface area contributed by atoms with Crippen molar-refractivity contribution in [3.05, 3.63) is 77.9 Å². The number of para-hydroxylation sites is 2. The lowest BCUT2D eigenvalue weighted by molar-refractivity contribution is -0.110. The van der Waals surface area contributed by atoms with E-state index in [4.69, 9.17) is 0 Å². The van der Waals surface area contributed by atoms with Crippen LogP contribution in [0.5, 0.6) is 0 Å². The number of hydrogen-bond acceptors (Lipinski definition) is 5. The highest BCUT2D eigenvalue weighted by molar-refractivity contribution is 7.99. The summed E-state index contributed by atoms with van der Waals surface area (Å²) < 4.78 is 0. The summed E-state index contributed by atoms with van der Waals surface area (Å²) in [5, 5.41) is 14.9. The lowest BCUT2D eigenvalue weighted by Crippen LogP contribution is -2.14. The van der Waals surface area contributed by atoms with Crippen LogP contribution in [0.25, 0.3) is 0 Å². The molecule has 1 amide bonds. The molecule has 0 saturated heterocycles. The van der Waals surface area contributed by atoms with Gasteiger partial charge < -0.3 is 10.6 Å². The van der Waals surface area contributed by atoms with Gasteiger partial charge in [0.1, 0.15) is 0 Å². The number of benzene rings is 3. The molecule has 0 bridgehead atoms. The van der Waals surface area contributed by atoms with E-state index in [9.17, 15) is 4.79 Å². The number of carbonyl (C=O) groups is 1. The molecule has 0 fully saturated rings. The topological polar surface area (TPSA) is 65.8 Å². The van der Waals surface area contributed by atoms with E-state index in [1.54, 1.807) is 11.8 Å². The number of nitrogens with zero attached hydrogens (tertiary/aromatic N) is 2. The van der Waals surface area contributed by atoms with E-state index in [1.807, 2.05) is 49.4 Å². The smallest absolute Gasteiger partial charge is 0.276 e. The second-order valence-electron chi connectivity index (χ2n) is 6.57. The zero-order valence-corrected chi connectivity index (χ0v) is 15.9. The maximum atomic E-state index is 12.2. The van der Waals surface area contributed by atoms with E-state index in [0.29, 0.717) is 5.71 Å². The molecule has 2 heterocycles. The maximum Gasteiger partial charge on any atom is 0.276 e. The Bertz CT molecular complexity index is 1180. The van der Waals surface area contributed by atoms with Gasteiger partial charge in [0.15, 0.2) is 5.71 Å². The molecule has 5 rings (SSSR count). The minimum atomic E-state index is -0.224. The zero-order valence-electron chi connectivity index (χ0n) is 15.1. The molecule has 6 heteroatoms. The van der Waals surface area contributed by atoms with Crippen LogP contribution in [-0.4, -0.2) is 17.3 Å². The van der Waals surface area contributed by atoms with Crippen molar-refractivity contribution in [1.29, 1.82) is 0 Å². The Balaban J connectivity index is 1.45. The number of fused-ring (bicyclic) bond motifs is 3. The number of anilines is 3. The van der Waals surface area contributed by atoms with Crippen LogP contribution >= 0.6 is 11.8 Å². The van der Waals surface area contributed by atoms with Crippen molar-refractivity contribution in [2.45, 2.75) is 16.7 Å². The summed E-state index contributed by atoms with van der Waals surface area (Å²) in [6, 6.07) is 21.9. The third-order valence-corrected chi connectivity index (χ3v) is 5.87. The second kappa shape index (κ2) is 6.65. The van der Waals surface area contributed by atoms with Crippen molar-refractivity contribution >= 4 is 46.2 Å². The lowest BCUT2D eigenvalue weighted by Gasteiger charge is -2.21. The normalized spacial score (nSPS) is 16.1. The molecule has 2 N–H and O–H groups in total. The molecule has 0 aromatic heterocycles. The Morgan fingerprint density at radius 3 is 2.50 bits per heavy atom. The molecular weight excluding hydrogens is 368 g/mol. The van der Waals surface area contributed by atoms with Crippen LogP contribution in [0.2, 0.25) is 0 Å². The lowest BCUT2D eigenvalue weighted by atomic mass is 10.1. The van der Waals surface area contributed by atoms with Gasteiger partial charge in [0.2, 0.25) is 0 Å². The highest BCUT2D eigenvalue weighted by Gasteiger charge is 2.25. The average Bonchev–Trinajstić information content (AvgIpc) is 3.05. The monoisotopic (exact) mass is 384 g/mol. The van der Waals surface area contributed by atoms with E-state index >= 15 is 0 Å². The summed E-state index contributed by atoms with van der Waals surface area (Å²) in [4.78, 5) is 14.6. The molecular formula is C22H16N4OS. The molecule has 5 nitrogen and oxygen atoms in total. The molecule has 0 atom stereocenters. The van der Waals surface area contributed by atoms with Gasteiger partial charge in [-0.1, -0.05) is 48.2 Å². The van der Waals surface area contributed by atoms with Gasteiger partial charge in [-0.25, -0.2) is 0 Å². The van der Waals surface area contributed by atoms with E-state index in [1.165, 1.54) is 9.79 Å². The molecule has 2 aliphatic heterocycles. The summed E-state index contributed by atoms with van der Waals surface area (Å²) in [6.45, 7) is 1.90. The highest BCUT2D eigenvalue weighted by atomic mass is 32.2. The number of nitrogens with one attached hydrogen (secondary N) is 2. The van der Waals surface area contributed by atoms with Gasteiger partial charge >= 0.3 is 0 Å². The van der Waals surface area contributed by atoms with Crippen molar-refractivity contribution in [1.82, 2.24) is 0 Å². The predicted octanol–water partition coefficient (Wildman–Crippen LogP) is 5.06. The fraction of sp³-hybridized carbons (Fsp3) is 0.0455. The van der Waals surface area contributed by atoms with E-state index in [-0.39, 0.29) is 5.91 Å². The number of carbonyl (C=O) groups excluding carboxylic acids is 1. The van der Waals surface area contributed by atoms with E-state index in [2.05, 4.69) is 45.1 Å². The largest absolute Gasteiger partial charge is 0.354 e. The van der Waals surface area contributed by atoms with Crippen LogP contribution in [0.4, 0.5) is 17.1 Å². The fourth-order valence-electron chi connectivity index (χ4n) is 3.25. The SMILES string of the molecule is C/C(=N\N=C1/C(=O)Nc2ccccc21)c1ccc2c(c1)Nc1ccccc1S2. The zero-order chi connectivity index (χ0) is 19.1. The van der Waals surface area contributed by atoms with Gasteiger partial charge in [-0.15, -0.1) is 5.10 Å². The van der Waals surface area contributed by atoms with Gasteiger partial charge in [0, 0.05) is 15.4 Å². The minimum absolute atomic E-state index is 0.224. The first-order chi connectivity index (χ1) is 13.7. The van der Waals surface area contributed by atoms with E-state index < -0.39 is 0 Å². The molecule has 0 radical (unpaired) electrons. The third-order valence-electron chi connectivity index (χ3n) is 4.72. The first kappa shape index (κ1) is 16.8. The number of rotatable bonds is 2. The fourth-order valence-corrected chi connectivity index (χ4v) is 4.22. The number of amides is 1. The van der Waals surface area contributed by atoms with Gasteiger partial charge in [-0.2, -0.15) is 5.10 Å². The molecule has 2 aliphatic rings. The molecule has 28 heavy (non-hydrogen) atoms. The van der Waals surface area contributed by atoms with Gasteiger partial charge in [-0.3, -0.25) is 4.79 Å². The molecule has 136 valence electrons. The summed E-state index contributed by atoms with van der Waals surface area (Å²) in [7, 11) is 0. The van der Waals surface area contributed by atoms with Crippen LogP contribution in [0, 0.1) is 0 Å². The van der Waals surface area contributed by atoms with Crippen molar-refractivity contribution in [3.63, 3.8) is 0 Å². The van der Waals surface area contributed by atoms with Crippen LogP contribution in [0.3, 0.4) is 0 Å². The summed E-state index contributed by atoms with van der Waals surface area (Å²) in [6.07, 6.45) is 0. The van der Waals surface area contributed by atoms with Crippen molar-refractivity contribution in [3.8, 4) is 0 Å². The first-order valence-electron chi connectivity index (χ1n) is 8.90. The Hall–Kier alpha value is -3.38. The highest BCUT2D eigenvalue weighted by Crippen LogP contribution is 2.44. The Labute approximate surface area is 166 Å².